The highest BCUT2D eigenvalue weighted by molar-refractivity contribution is 6.05. The molecule has 4 aliphatic carbocycles. The lowest BCUT2D eigenvalue weighted by atomic mass is 9.48. The highest BCUT2D eigenvalue weighted by atomic mass is 16.2. The van der Waals surface area contributed by atoms with E-state index in [4.69, 9.17) is 0 Å². The average molecular weight is 396 g/mol. The molecule has 5 fully saturated rings. The Morgan fingerprint density at radius 1 is 1.07 bits per heavy atom. The Morgan fingerprint density at radius 3 is 2.38 bits per heavy atom. The topological polar surface area (TPSA) is 79.4 Å². The van der Waals surface area contributed by atoms with E-state index in [1.165, 1.54) is 25.5 Å². The van der Waals surface area contributed by atoms with Gasteiger partial charge >= 0.3 is 0 Å². The lowest BCUT2D eigenvalue weighted by Gasteiger charge is -2.56. The predicted octanol–water partition coefficient (Wildman–Crippen LogP) is 2.59. The van der Waals surface area contributed by atoms with Gasteiger partial charge in [-0.25, -0.2) is 0 Å². The van der Waals surface area contributed by atoms with Crippen LogP contribution in [0.25, 0.3) is 0 Å². The number of likely N-dealkylation sites (tertiary alicyclic amines) is 1. The Balaban J connectivity index is 1.24. The second-order valence-corrected chi connectivity index (χ2v) is 9.78. The minimum absolute atomic E-state index is 0.137. The van der Waals surface area contributed by atoms with Gasteiger partial charge < -0.3 is 0 Å². The number of hydrogen-bond acceptors (Lipinski definition) is 5. The van der Waals surface area contributed by atoms with Crippen LogP contribution in [0.5, 0.6) is 0 Å². The third-order valence-corrected chi connectivity index (χ3v) is 7.78. The summed E-state index contributed by atoms with van der Waals surface area (Å²) in [6, 6.07) is 4.64. The summed E-state index contributed by atoms with van der Waals surface area (Å²) in [4.78, 5) is 44.5. The summed E-state index contributed by atoms with van der Waals surface area (Å²) in [5.74, 6) is 1.76. The number of carbonyl (C=O) groups is 3. The van der Waals surface area contributed by atoms with E-state index < -0.39 is 11.9 Å². The van der Waals surface area contributed by atoms with Crippen molar-refractivity contribution < 1.29 is 14.4 Å². The molecule has 0 radical (unpaired) electrons. The van der Waals surface area contributed by atoms with Gasteiger partial charge in [0.05, 0.1) is 12.6 Å². The maximum Gasteiger partial charge on any atom is 0.276 e. The highest BCUT2D eigenvalue weighted by Crippen LogP contribution is 2.60. The van der Waals surface area contributed by atoms with Crippen LogP contribution in [-0.4, -0.2) is 46.6 Å². The number of nitrogens with zero attached hydrogens (tertiary/aromatic N) is 2. The van der Waals surface area contributed by atoms with Crippen molar-refractivity contribution in [1.29, 1.82) is 0 Å². The maximum atomic E-state index is 13.4. The molecule has 154 valence electrons. The third-order valence-electron chi connectivity index (χ3n) is 7.78. The predicted molar refractivity (Wildman–Crippen MR) is 107 cm³/mol. The molecule has 6 heteroatoms. The molecule has 4 saturated carbocycles. The monoisotopic (exact) mass is 395 g/mol. The first-order valence-electron chi connectivity index (χ1n) is 11.1. The van der Waals surface area contributed by atoms with E-state index in [-0.39, 0.29) is 17.0 Å². The zero-order valence-corrected chi connectivity index (χ0v) is 16.8. The summed E-state index contributed by atoms with van der Waals surface area (Å²) < 4.78 is 0. The number of rotatable bonds is 5. The molecule has 29 heavy (non-hydrogen) atoms. The summed E-state index contributed by atoms with van der Waals surface area (Å²) in [6.07, 6.45) is 10.2. The largest absolute Gasteiger partial charge is 0.298 e. The Morgan fingerprint density at radius 2 is 1.76 bits per heavy atom. The van der Waals surface area contributed by atoms with Crippen LogP contribution in [0.3, 0.4) is 0 Å². The second kappa shape index (κ2) is 7.31. The standard InChI is InChI=1S/C23H29N3O3/c27-20(23-11-15-8-16(12-23)10-17(9-15)13-23)14-26-7-3-5-19(26)22(29)25-21(28)18-4-1-2-6-24-18/h1-2,4,6,15-17,19H,3,5,7-14H2,(H,25,28,29)/t15?,16?,17?,19-,23?/m1/s1. The number of hydrogen-bond donors (Lipinski definition) is 1. The number of amides is 2. The second-order valence-electron chi connectivity index (χ2n) is 9.78. The van der Waals surface area contributed by atoms with E-state index in [0.717, 1.165) is 50.0 Å². The molecule has 1 aromatic heterocycles. The van der Waals surface area contributed by atoms with Gasteiger partial charge in [0.1, 0.15) is 5.69 Å². The fourth-order valence-electron chi connectivity index (χ4n) is 6.87. The molecule has 1 atom stereocenters. The van der Waals surface area contributed by atoms with Gasteiger partial charge in [0.15, 0.2) is 5.78 Å². The molecule has 6 nitrogen and oxygen atoms in total. The molecule has 2 amide bonds. The van der Waals surface area contributed by atoms with E-state index in [2.05, 4.69) is 10.3 Å². The van der Waals surface area contributed by atoms with Crippen LogP contribution in [-0.2, 0) is 9.59 Å². The van der Waals surface area contributed by atoms with Gasteiger partial charge in [-0.1, -0.05) is 6.07 Å². The molecule has 1 N–H and O–H groups in total. The average Bonchev–Trinajstić information content (AvgIpc) is 3.16. The molecule has 0 unspecified atom stereocenters. The first-order valence-corrected chi connectivity index (χ1v) is 11.1. The summed E-state index contributed by atoms with van der Waals surface area (Å²) >= 11 is 0. The van der Waals surface area contributed by atoms with Crippen LogP contribution in [0.4, 0.5) is 0 Å². The van der Waals surface area contributed by atoms with E-state index >= 15 is 0 Å². The van der Waals surface area contributed by atoms with Crippen molar-refractivity contribution in [3.63, 3.8) is 0 Å². The van der Waals surface area contributed by atoms with E-state index in [1.54, 1.807) is 18.2 Å². The van der Waals surface area contributed by atoms with Gasteiger partial charge in [0.2, 0.25) is 5.91 Å². The smallest absolute Gasteiger partial charge is 0.276 e. The van der Waals surface area contributed by atoms with Crippen LogP contribution < -0.4 is 5.32 Å². The van der Waals surface area contributed by atoms with Gasteiger partial charge in [-0.15, -0.1) is 0 Å². The number of Topliss-reactive ketones (excluding diaryl/α,β-unsaturated/α-hetero) is 1. The quantitative estimate of drug-likeness (QED) is 0.775. The Bertz CT molecular complexity index is 787. The van der Waals surface area contributed by atoms with Crippen molar-refractivity contribution in [2.24, 2.45) is 23.2 Å². The number of imide groups is 1. The van der Waals surface area contributed by atoms with Gasteiger partial charge in [0, 0.05) is 11.6 Å². The minimum atomic E-state index is -0.477. The van der Waals surface area contributed by atoms with Gasteiger partial charge in [0.25, 0.3) is 5.91 Å². The van der Waals surface area contributed by atoms with Crippen LogP contribution >= 0.6 is 0 Å². The third kappa shape index (κ3) is 3.52. The van der Waals surface area contributed by atoms with E-state index in [0.29, 0.717) is 18.7 Å². The lowest BCUT2D eigenvalue weighted by molar-refractivity contribution is -0.145. The fourth-order valence-corrected chi connectivity index (χ4v) is 6.87. The Kier molecular flexibility index (Phi) is 4.77. The van der Waals surface area contributed by atoms with Gasteiger partial charge in [-0.2, -0.15) is 0 Å². The fraction of sp³-hybridized carbons (Fsp3) is 0.652. The van der Waals surface area contributed by atoms with Crippen molar-refractivity contribution in [3.05, 3.63) is 30.1 Å². The summed E-state index contributed by atoms with van der Waals surface area (Å²) in [7, 11) is 0. The first-order chi connectivity index (χ1) is 14.0. The molecule has 0 aromatic carbocycles. The van der Waals surface area contributed by atoms with Crippen molar-refractivity contribution in [2.45, 2.75) is 57.4 Å². The van der Waals surface area contributed by atoms with Crippen LogP contribution in [0.1, 0.15) is 61.9 Å². The van der Waals surface area contributed by atoms with Crippen LogP contribution in [0, 0.1) is 23.2 Å². The molecule has 4 bridgehead atoms. The van der Waals surface area contributed by atoms with Gasteiger partial charge in [-0.3, -0.25) is 29.6 Å². The Hall–Kier alpha value is -2.08. The van der Waals surface area contributed by atoms with E-state index in [9.17, 15) is 14.4 Å². The van der Waals surface area contributed by atoms with Gasteiger partial charge in [-0.05, 0) is 87.8 Å². The van der Waals surface area contributed by atoms with Crippen molar-refractivity contribution in [1.82, 2.24) is 15.2 Å². The zero-order valence-electron chi connectivity index (χ0n) is 16.8. The summed E-state index contributed by atoms with van der Waals surface area (Å²) in [5.41, 5.74) is 0.0948. The lowest BCUT2D eigenvalue weighted by Crippen LogP contribution is -2.54. The van der Waals surface area contributed by atoms with E-state index in [1.807, 2.05) is 4.90 Å². The summed E-state index contributed by atoms with van der Waals surface area (Å²) in [5, 5.41) is 2.48. The number of nitrogens with one attached hydrogen (secondary N) is 1. The van der Waals surface area contributed by atoms with Crippen molar-refractivity contribution >= 4 is 17.6 Å². The zero-order chi connectivity index (χ0) is 20.0. The number of carbonyl (C=O) groups excluding carboxylic acids is 3. The molecular formula is C23H29N3O3. The number of pyridine rings is 1. The van der Waals surface area contributed by atoms with Crippen molar-refractivity contribution in [2.75, 3.05) is 13.1 Å². The SMILES string of the molecule is O=C(NC(=O)[C@H]1CCCN1CC(=O)C12CC3CC(CC(C3)C1)C2)c1ccccn1. The molecule has 6 rings (SSSR count). The number of aromatic nitrogens is 1. The first kappa shape index (κ1) is 18.9. The highest BCUT2D eigenvalue weighted by Gasteiger charge is 2.54. The maximum absolute atomic E-state index is 13.4. The van der Waals surface area contributed by atoms with Crippen LogP contribution in [0.15, 0.2) is 24.4 Å². The molecule has 1 aromatic rings. The summed E-state index contributed by atoms with van der Waals surface area (Å²) in [6.45, 7) is 1.09. The molecule has 1 aliphatic heterocycles. The normalized spacial score (nSPS) is 35.6. The molecule has 0 spiro atoms. The Labute approximate surface area is 171 Å². The molecule has 5 aliphatic rings. The number of ketones is 1. The molecule has 1 saturated heterocycles. The van der Waals surface area contributed by atoms with Crippen LogP contribution in [0.2, 0.25) is 0 Å². The molecule has 2 heterocycles. The minimum Gasteiger partial charge on any atom is -0.298 e. The van der Waals surface area contributed by atoms with Crippen molar-refractivity contribution in [3.8, 4) is 0 Å². The molecular weight excluding hydrogens is 366 g/mol.